The monoisotopic (exact) mass is 362 g/mol. The summed E-state index contributed by atoms with van der Waals surface area (Å²) in [6.07, 6.45) is -4.49. The minimum atomic E-state index is -4.49. The summed E-state index contributed by atoms with van der Waals surface area (Å²) in [6, 6.07) is 22.7. The molecule has 3 aromatic carbocycles. The molecule has 0 spiro atoms. The summed E-state index contributed by atoms with van der Waals surface area (Å²) < 4.78 is 51.7. The summed E-state index contributed by atoms with van der Waals surface area (Å²) in [5.41, 5.74) is -0.757. The van der Waals surface area contributed by atoms with Crippen molar-refractivity contribution in [1.82, 2.24) is 0 Å². The number of rotatable bonds is 5. The summed E-state index contributed by atoms with van der Waals surface area (Å²) in [5, 5.41) is -0.0160. The Bertz CT molecular complexity index is 766. The van der Waals surface area contributed by atoms with Crippen LogP contribution in [0.3, 0.4) is 0 Å². The molecule has 0 radical (unpaired) electrons. The van der Waals surface area contributed by atoms with Crippen LogP contribution in [0.25, 0.3) is 0 Å². The van der Waals surface area contributed by atoms with Gasteiger partial charge in [-0.1, -0.05) is 48.5 Å². The van der Waals surface area contributed by atoms with Gasteiger partial charge < -0.3 is 9.05 Å². The van der Waals surface area contributed by atoms with Crippen molar-refractivity contribution in [1.29, 1.82) is 0 Å². The zero-order valence-electron chi connectivity index (χ0n) is 13.0. The van der Waals surface area contributed by atoms with E-state index >= 15 is 0 Å². The van der Waals surface area contributed by atoms with Crippen LogP contribution in [-0.2, 0) is 6.18 Å². The van der Waals surface area contributed by atoms with Gasteiger partial charge in [0.15, 0.2) is 0 Å². The second-order valence-corrected chi connectivity index (χ2v) is 6.44. The lowest BCUT2D eigenvalue weighted by molar-refractivity contribution is -0.136. The van der Waals surface area contributed by atoms with E-state index < -0.39 is 20.1 Å². The van der Waals surface area contributed by atoms with Gasteiger partial charge in [0.25, 0.3) is 0 Å². The third-order valence-electron chi connectivity index (χ3n) is 3.27. The smallest absolute Gasteiger partial charge is 0.417 e. The van der Waals surface area contributed by atoms with Crippen LogP contribution in [0, 0.1) is 0 Å². The van der Waals surface area contributed by atoms with Gasteiger partial charge in [0.2, 0.25) is 0 Å². The first kappa shape index (κ1) is 17.3. The largest absolute Gasteiger partial charge is 0.435 e. The maximum atomic E-state index is 13.4. The van der Waals surface area contributed by atoms with Crippen molar-refractivity contribution in [3.8, 4) is 11.5 Å². The van der Waals surface area contributed by atoms with Gasteiger partial charge in [-0.05, 0) is 36.4 Å². The van der Waals surface area contributed by atoms with Crippen molar-refractivity contribution >= 4 is 13.7 Å². The first-order valence-corrected chi connectivity index (χ1v) is 8.64. The molecule has 0 N–H and O–H groups in total. The molecular formula is C19H14F3O2P. The summed E-state index contributed by atoms with van der Waals surface area (Å²) >= 11 is 0. The molecule has 0 aliphatic carbocycles. The maximum Gasteiger partial charge on any atom is 0.417 e. The summed E-state index contributed by atoms with van der Waals surface area (Å²) in [4.78, 5) is 0. The standard InChI is InChI=1S/C19H14F3O2P/c20-19(21,22)17-13-7-8-14-18(17)25(23-15-9-3-1-4-10-15)24-16-11-5-2-6-12-16/h1-14H. The van der Waals surface area contributed by atoms with Gasteiger partial charge in [-0.25, -0.2) is 0 Å². The first-order chi connectivity index (χ1) is 12.0. The fourth-order valence-corrected chi connectivity index (χ4v) is 3.61. The minimum absolute atomic E-state index is 0.0160. The van der Waals surface area contributed by atoms with E-state index in [1.807, 2.05) is 0 Å². The quantitative estimate of drug-likeness (QED) is 0.534. The molecule has 128 valence electrons. The highest BCUT2D eigenvalue weighted by molar-refractivity contribution is 7.56. The molecule has 0 bridgehead atoms. The van der Waals surface area contributed by atoms with Crippen LogP contribution in [-0.4, -0.2) is 0 Å². The molecule has 0 aromatic heterocycles. The van der Waals surface area contributed by atoms with E-state index in [1.165, 1.54) is 12.1 Å². The predicted molar refractivity (Wildman–Crippen MR) is 92.1 cm³/mol. The van der Waals surface area contributed by atoms with Crippen molar-refractivity contribution < 1.29 is 22.2 Å². The number of alkyl halides is 3. The van der Waals surface area contributed by atoms with Crippen LogP contribution in [0.15, 0.2) is 84.9 Å². The van der Waals surface area contributed by atoms with Crippen LogP contribution in [0.2, 0.25) is 0 Å². The molecule has 3 rings (SSSR count). The van der Waals surface area contributed by atoms with Crippen LogP contribution in [0.5, 0.6) is 11.5 Å². The highest BCUT2D eigenvalue weighted by Crippen LogP contribution is 2.43. The Labute approximate surface area is 144 Å². The van der Waals surface area contributed by atoms with Crippen molar-refractivity contribution in [3.05, 3.63) is 90.5 Å². The van der Waals surface area contributed by atoms with Crippen LogP contribution in [0.4, 0.5) is 13.2 Å². The molecule has 0 amide bonds. The lowest BCUT2D eigenvalue weighted by Gasteiger charge is -2.22. The van der Waals surface area contributed by atoms with Crippen molar-refractivity contribution in [3.63, 3.8) is 0 Å². The van der Waals surface area contributed by atoms with Crippen molar-refractivity contribution in [2.24, 2.45) is 0 Å². The molecule has 0 aliphatic rings. The molecule has 0 unspecified atom stereocenters. The van der Waals surface area contributed by atoms with Gasteiger partial charge in [0, 0.05) is 0 Å². The van der Waals surface area contributed by atoms with Gasteiger partial charge in [-0.15, -0.1) is 0 Å². The summed E-state index contributed by atoms with van der Waals surface area (Å²) in [5.74, 6) is 0.892. The lowest BCUT2D eigenvalue weighted by Crippen LogP contribution is -2.21. The number of hydrogen-bond donors (Lipinski definition) is 0. The lowest BCUT2D eigenvalue weighted by atomic mass is 10.2. The number of hydrogen-bond acceptors (Lipinski definition) is 2. The number of benzene rings is 3. The van der Waals surface area contributed by atoms with Gasteiger partial charge in [-0.2, -0.15) is 13.2 Å². The molecule has 0 fully saturated rings. The fourth-order valence-electron chi connectivity index (χ4n) is 2.14. The number of halogens is 3. The van der Waals surface area contributed by atoms with E-state index in [-0.39, 0.29) is 5.30 Å². The van der Waals surface area contributed by atoms with E-state index in [9.17, 15) is 13.2 Å². The molecule has 6 heteroatoms. The van der Waals surface area contributed by atoms with Crippen LogP contribution in [0.1, 0.15) is 5.56 Å². The number of para-hydroxylation sites is 2. The van der Waals surface area contributed by atoms with Crippen molar-refractivity contribution in [2.45, 2.75) is 6.18 Å². The molecule has 0 saturated carbocycles. The summed E-state index contributed by atoms with van der Waals surface area (Å²) in [6.45, 7) is 0. The second kappa shape index (κ2) is 7.58. The average Bonchev–Trinajstić information content (AvgIpc) is 2.62. The molecule has 0 saturated heterocycles. The topological polar surface area (TPSA) is 18.5 Å². The Morgan fingerprint density at radius 2 is 1.04 bits per heavy atom. The van der Waals surface area contributed by atoms with E-state index in [2.05, 4.69) is 0 Å². The third-order valence-corrected chi connectivity index (χ3v) is 4.81. The second-order valence-electron chi connectivity index (χ2n) is 5.08. The highest BCUT2D eigenvalue weighted by atomic mass is 31.2. The minimum Gasteiger partial charge on any atom is -0.435 e. The first-order valence-electron chi connectivity index (χ1n) is 7.46. The molecule has 0 atom stereocenters. The van der Waals surface area contributed by atoms with E-state index in [0.29, 0.717) is 11.5 Å². The Morgan fingerprint density at radius 1 is 0.600 bits per heavy atom. The molecule has 2 nitrogen and oxygen atoms in total. The summed E-state index contributed by atoms with van der Waals surface area (Å²) in [7, 11) is -2.01. The fraction of sp³-hybridized carbons (Fsp3) is 0.0526. The normalized spacial score (nSPS) is 11.4. The Morgan fingerprint density at radius 3 is 1.52 bits per heavy atom. The van der Waals surface area contributed by atoms with Gasteiger partial charge in [-0.3, -0.25) is 0 Å². The molecule has 0 heterocycles. The van der Waals surface area contributed by atoms with Crippen LogP contribution >= 0.6 is 8.38 Å². The van der Waals surface area contributed by atoms with E-state index in [0.717, 1.165) is 6.07 Å². The zero-order valence-corrected chi connectivity index (χ0v) is 13.9. The van der Waals surface area contributed by atoms with E-state index in [4.69, 9.17) is 9.05 Å². The highest BCUT2D eigenvalue weighted by Gasteiger charge is 2.37. The van der Waals surface area contributed by atoms with Gasteiger partial charge in [0.1, 0.15) is 11.5 Å². The van der Waals surface area contributed by atoms with Crippen LogP contribution < -0.4 is 14.4 Å². The predicted octanol–water partition coefficient (Wildman–Crippen LogP) is 5.80. The average molecular weight is 362 g/mol. The van der Waals surface area contributed by atoms with E-state index in [1.54, 1.807) is 66.7 Å². The molecule has 3 aromatic rings. The molecule has 25 heavy (non-hydrogen) atoms. The SMILES string of the molecule is FC(F)(F)c1ccccc1P(Oc1ccccc1)Oc1ccccc1. The molecule has 0 aliphatic heterocycles. The Kier molecular flexibility index (Phi) is 5.25. The Balaban J connectivity index is 1.99. The Hall–Kier alpha value is -2.52. The van der Waals surface area contributed by atoms with Gasteiger partial charge >= 0.3 is 14.6 Å². The van der Waals surface area contributed by atoms with Crippen molar-refractivity contribution in [2.75, 3.05) is 0 Å². The zero-order chi connectivity index (χ0) is 17.7. The third kappa shape index (κ3) is 4.52. The molecular weight excluding hydrogens is 348 g/mol. The van der Waals surface area contributed by atoms with Gasteiger partial charge in [0.05, 0.1) is 10.9 Å². The maximum absolute atomic E-state index is 13.4.